The second-order valence-electron chi connectivity index (χ2n) is 7.67. The first kappa shape index (κ1) is 22.4. The van der Waals surface area contributed by atoms with Gasteiger partial charge in [0, 0.05) is 29.8 Å². The largest absolute Gasteiger partial charge is 0.390 e. The van der Waals surface area contributed by atoms with Gasteiger partial charge in [0.1, 0.15) is 12.1 Å². The summed E-state index contributed by atoms with van der Waals surface area (Å²) < 4.78 is 0. The monoisotopic (exact) mass is 430 g/mol. The highest BCUT2D eigenvalue weighted by Gasteiger charge is 2.35. The van der Waals surface area contributed by atoms with Crippen LogP contribution >= 0.6 is 0 Å². The summed E-state index contributed by atoms with van der Waals surface area (Å²) >= 11 is 0. The lowest BCUT2D eigenvalue weighted by molar-refractivity contribution is -0.129. The summed E-state index contributed by atoms with van der Waals surface area (Å²) in [4.78, 5) is 48.1. The summed E-state index contributed by atoms with van der Waals surface area (Å²) in [6, 6.07) is 3.94. The molecule has 4 amide bonds. The van der Waals surface area contributed by atoms with E-state index < -0.39 is 36.2 Å². The number of ketones is 1. The van der Waals surface area contributed by atoms with Crippen molar-refractivity contribution in [2.45, 2.75) is 50.5 Å². The molecule has 4 unspecified atom stereocenters. The lowest BCUT2D eigenvalue weighted by atomic mass is 9.89. The SMILES string of the molecule is CC(=O)c1ccc(NC(=O)NC2C=C(C(=O)NC3CCCNC3=O)CC(O)C2O)cc1. The molecule has 0 saturated carbocycles. The quantitative estimate of drug-likeness (QED) is 0.356. The highest BCUT2D eigenvalue weighted by molar-refractivity contribution is 5.98. The number of benzene rings is 1. The molecule has 3 rings (SSSR count). The van der Waals surface area contributed by atoms with Gasteiger partial charge in [-0.05, 0) is 44.0 Å². The third kappa shape index (κ3) is 5.68. The average Bonchev–Trinajstić information content (AvgIpc) is 2.73. The van der Waals surface area contributed by atoms with Crippen LogP contribution in [-0.2, 0) is 9.59 Å². The van der Waals surface area contributed by atoms with Crippen LogP contribution < -0.4 is 21.3 Å². The van der Waals surface area contributed by atoms with Crippen molar-refractivity contribution < 1.29 is 29.4 Å². The molecule has 10 nitrogen and oxygen atoms in total. The van der Waals surface area contributed by atoms with Gasteiger partial charge in [-0.3, -0.25) is 14.4 Å². The summed E-state index contributed by atoms with van der Waals surface area (Å²) in [5.41, 5.74) is 1.10. The molecule has 1 aliphatic heterocycles. The number of urea groups is 1. The molecule has 1 saturated heterocycles. The van der Waals surface area contributed by atoms with E-state index in [1.54, 1.807) is 24.3 Å². The van der Waals surface area contributed by atoms with E-state index in [1.807, 2.05) is 0 Å². The zero-order valence-electron chi connectivity index (χ0n) is 17.1. The second-order valence-corrected chi connectivity index (χ2v) is 7.67. The highest BCUT2D eigenvalue weighted by Crippen LogP contribution is 2.21. The molecule has 1 aliphatic carbocycles. The van der Waals surface area contributed by atoms with E-state index in [9.17, 15) is 29.4 Å². The van der Waals surface area contributed by atoms with Gasteiger partial charge < -0.3 is 31.5 Å². The van der Waals surface area contributed by atoms with Gasteiger partial charge in [-0.25, -0.2) is 4.79 Å². The molecule has 0 spiro atoms. The number of nitrogens with one attached hydrogen (secondary N) is 4. The van der Waals surface area contributed by atoms with Crippen LogP contribution in [0.5, 0.6) is 0 Å². The number of piperidine rings is 1. The van der Waals surface area contributed by atoms with Crippen LogP contribution in [0.25, 0.3) is 0 Å². The van der Waals surface area contributed by atoms with Crippen LogP contribution in [0.15, 0.2) is 35.9 Å². The predicted molar refractivity (Wildman–Crippen MR) is 111 cm³/mol. The molecule has 0 radical (unpaired) electrons. The standard InChI is InChI=1S/C21H26N4O6/c1-11(26)12-4-6-14(7-5-12)23-21(31)25-16-9-13(10-17(27)18(16)28)19(29)24-15-3-2-8-22-20(15)30/h4-7,9,15-18,27-28H,2-3,8,10H2,1H3,(H,22,30)(H,24,29)(H2,23,25,31). The molecule has 1 aromatic carbocycles. The maximum atomic E-state index is 12.6. The van der Waals surface area contributed by atoms with Crippen LogP contribution in [0.4, 0.5) is 10.5 Å². The summed E-state index contributed by atoms with van der Waals surface area (Å²) in [6.45, 7) is 2.00. The summed E-state index contributed by atoms with van der Waals surface area (Å²) in [6.07, 6.45) is -0.0249. The number of rotatable bonds is 5. The van der Waals surface area contributed by atoms with Gasteiger partial charge in [-0.2, -0.15) is 0 Å². The normalized spacial score (nSPS) is 25.6. The van der Waals surface area contributed by atoms with Crippen molar-refractivity contribution in [3.8, 4) is 0 Å². The first-order chi connectivity index (χ1) is 14.7. The highest BCUT2D eigenvalue weighted by atomic mass is 16.3. The molecule has 1 aromatic rings. The number of carbonyl (C=O) groups is 4. The van der Waals surface area contributed by atoms with Crippen LogP contribution in [0.3, 0.4) is 0 Å². The Balaban J connectivity index is 1.64. The third-order valence-corrected chi connectivity index (χ3v) is 5.30. The van der Waals surface area contributed by atoms with Crippen LogP contribution in [0.1, 0.15) is 36.5 Å². The Bertz CT molecular complexity index is 898. The lowest BCUT2D eigenvalue weighted by Crippen LogP contribution is -2.54. The Hall–Kier alpha value is -3.24. The Morgan fingerprint density at radius 3 is 2.45 bits per heavy atom. The van der Waals surface area contributed by atoms with Gasteiger partial charge >= 0.3 is 6.03 Å². The Morgan fingerprint density at radius 2 is 1.81 bits per heavy atom. The Morgan fingerprint density at radius 1 is 1.10 bits per heavy atom. The topological polar surface area (TPSA) is 157 Å². The molecule has 1 fully saturated rings. The number of amides is 4. The van der Waals surface area contributed by atoms with Gasteiger partial charge in [0.05, 0.1) is 12.1 Å². The number of Topliss-reactive ketones (excluding diaryl/α,β-unsaturated/α-hetero) is 1. The van der Waals surface area contributed by atoms with Crippen LogP contribution in [-0.4, -0.2) is 64.7 Å². The number of aliphatic hydroxyl groups is 2. The third-order valence-electron chi connectivity index (χ3n) is 5.30. The minimum atomic E-state index is -1.31. The van der Waals surface area contributed by atoms with Gasteiger partial charge in [-0.1, -0.05) is 6.08 Å². The molecular formula is C21H26N4O6. The van der Waals surface area contributed by atoms with E-state index in [4.69, 9.17) is 0 Å². The number of carbonyl (C=O) groups excluding carboxylic acids is 4. The van der Waals surface area contributed by atoms with Gasteiger partial charge in [0.2, 0.25) is 11.8 Å². The number of hydrogen-bond donors (Lipinski definition) is 6. The summed E-state index contributed by atoms with van der Waals surface area (Å²) in [7, 11) is 0. The zero-order chi connectivity index (χ0) is 22.5. The molecular weight excluding hydrogens is 404 g/mol. The number of aliphatic hydroxyl groups excluding tert-OH is 2. The zero-order valence-corrected chi connectivity index (χ0v) is 17.1. The van der Waals surface area contributed by atoms with Gasteiger partial charge in [0.25, 0.3) is 0 Å². The molecule has 0 bridgehead atoms. The van der Waals surface area contributed by atoms with Crippen molar-refractivity contribution >= 4 is 29.3 Å². The lowest BCUT2D eigenvalue weighted by Gasteiger charge is -2.31. The van der Waals surface area contributed by atoms with Crippen LogP contribution in [0.2, 0.25) is 0 Å². The minimum Gasteiger partial charge on any atom is -0.390 e. The van der Waals surface area contributed by atoms with E-state index in [2.05, 4.69) is 21.3 Å². The average molecular weight is 430 g/mol. The maximum Gasteiger partial charge on any atom is 0.319 e. The predicted octanol–water partition coefficient (Wildman–Crippen LogP) is -0.174. The van der Waals surface area contributed by atoms with Crippen LogP contribution in [0, 0.1) is 0 Å². The minimum absolute atomic E-state index is 0.100. The molecule has 1 heterocycles. The van der Waals surface area contributed by atoms with Gasteiger partial charge in [-0.15, -0.1) is 0 Å². The fourth-order valence-corrected chi connectivity index (χ4v) is 3.53. The first-order valence-electron chi connectivity index (χ1n) is 10.1. The number of hydrogen-bond acceptors (Lipinski definition) is 6. The Labute approximate surface area is 179 Å². The molecule has 6 N–H and O–H groups in total. The summed E-state index contributed by atoms with van der Waals surface area (Å²) in [5.74, 6) is -0.890. The Kier molecular flexibility index (Phi) is 7.03. The molecule has 0 aromatic heterocycles. The van der Waals surface area contributed by atoms with Crippen molar-refractivity contribution in [2.75, 3.05) is 11.9 Å². The molecule has 4 atom stereocenters. The fraction of sp³-hybridized carbons (Fsp3) is 0.429. The van der Waals surface area contributed by atoms with Gasteiger partial charge in [0.15, 0.2) is 5.78 Å². The van der Waals surface area contributed by atoms with E-state index in [0.29, 0.717) is 24.2 Å². The molecule has 31 heavy (non-hydrogen) atoms. The van der Waals surface area contributed by atoms with Crippen molar-refractivity contribution in [1.29, 1.82) is 0 Å². The molecule has 2 aliphatic rings. The van der Waals surface area contributed by atoms with Crippen molar-refractivity contribution in [3.05, 3.63) is 41.5 Å². The van der Waals surface area contributed by atoms with E-state index >= 15 is 0 Å². The van der Waals surface area contributed by atoms with Crippen molar-refractivity contribution in [1.82, 2.24) is 16.0 Å². The molecule has 166 valence electrons. The van der Waals surface area contributed by atoms with E-state index in [1.165, 1.54) is 13.0 Å². The molecule has 10 heteroatoms. The first-order valence-corrected chi connectivity index (χ1v) is 10.1. The van der Waals surface area contributed by atoms with Crippen molar-refractivity contribution in [3.63, 3.8) is 0 Å². The second kappa shape index (κ2) is 9.71. The maximum absolute atomic E-state index is 12.6. The smallest absolute Gasteiger partial charge is 0.319 e. The summed E-state index contributed by atoms with van der Waals surface area (Å²) in [5, 5.41) is 30.8. The van der Waals surface area contributed by atoms with E-state index in [-0.39, 0.29) is 23.7 Å². The van der Waals surface area contributed by atoms with Crippen molar-refractivity contribution in [2.24, 2.45) is 0 Å². The number of anilines is 1. The fourth-order valence-electron chi connectivity index (χ4n) is 3.53. The van der Waals surface area contributed by atoms with E-state index in [0.717, 1.165) is 6.42 Å².